The Labute approximate surface area is 74.9 Å². The SMILES string of the molecule is O=C(O)CCCC(O)C(Cl)Cl. The van der Waals surface area contributed by atoms with Gasteiger partial charge in [0, 0.05) is 6.42 Å². The number of hydrogen-bond acceptors (Lipinski definition) is 2. The summed E-state index contributed by atoms with van der Waals surface area (Å²) >= 11 is 10.6. The fourth-order valence-corrected chi connectivity index (χ4v) is 0.840. The van der Waals surface area contributed by atoms with Gasteiger partial charge in [0.2, 0.25) is 0 Å². The van der Waals surface area contributed by atoms with Crippen LogP contribution >= 0.6 is 23.2 Å². The molecule has 0 aliphatic heterocycles. The maximum atomic E-state index is 10.0. The number of aliphatic hydroxyl groups excluding tert-OH is 1. The highest BCUT2D eigenvalue weighted by atomic mass is 35.5. The lowest BCUT2D eigenvalue weighted by molar-refractivity contribution is -0.137. The van der Waals surface area contributed by atoms with Crippen LogP contribution < -0.4 is 0 Å². The number of carboxylic acids is 1. The Kier molecular flexibility index (Phi) is 5.64. The van der Waals surface area contributed by atoms with Crippen molar-refractivity contribution in [2.75, 3.05) is 0 Å². The van der Waals surface area contributed by atoms with Crippen LogP contribution in [-0.4, -0.2) is 27.1 Å². The highest BCUT2D eigenvalue weighted by Crippen LogP contribution is 2.13. The van der Waals surface area contributed by atoms with Crippen LogP contribution in [0.5, 0.6) is 0 Å². The summed E-state index contributed by atoms with van der Waals surface area (Å²) in [7, 11) is 0. The highest BCUT2D eigenvalue weighted by molar-refractivity contribution is 6.44. The summed E-state index contributed by atoms with van der Waals surface area (Å²) in [6, 6.07) is 0. The molecule has 11 heavy (non-hydrogen) atoms. The first-order valence-corrected chi connectivity index (χ1v) is 4.09. The maximum Gasteiger partial charge on any atom is 0.303 e. The van der Waals surface area contributed by atoms with Gasteiger partial charge in [-0.2, -0.15) is 0 Å². The molecule has 0 saturated heterocycles. The third-order valence-corrected chi connectivity index (χ3v) is 1.76. The smallest absolute Gasteiger partial charge is 0.303 e. The molecule has 0 bridgehead atoms. The predicted octanol–water partition coefficient (Wildman–Crippen LogP) is 1.41. The number of aliphatic carboxylic acids is 1. The van der Waals surface area contributed by atoms with E-state index in [1.165, 1.54) is 0 Å². The van der Waals surface area contributed by atoms with Gasteiger partial charge >= 0.3 is 5.97 Å². The van der Waals surface area contributed by atoms with E-state index in [0.29, 0.717) is 12.8 Å². The van der Waals surface area contributed by atoms with Crippen molar-refractivity contribution in [3.05, 3.63) is 0 Å². The third kappa shape index (κ3) is 6.41. The van der Waals surface area contributed by atoms with Crippen molar-refractivity contribution in [3.8, 4) is 0 Å². The first-order chi connectivity index (χ1) is 5.04. The molecule has 0 aromatic heterocycles. The molecule has 0 fully saturated rings. The van der Waals surface area contributed by atoms with Gasteiger partial charge in [-0.25, -0.2) is 0 Å². The molecule has 0 aromatic rings. The van der Waals surface area contributed by atoms with E-state index in [1.807, 2.05) is 0 Å². The zero-order chi connectivity index (χ0) is 8.85. The van der Waals surface area contributed by atoms with Gasteiger partial charge in [0.15, 0.2) is 0 Å². The number of hydrogen-bond donors (Lipinski definition) is 2. The lowest BCUT2D eigenvalue weighted by atomic mass is 10.2. The molecule has 0 aromatic carbocycles. The van der Waals surface area contributed by atoms with E-state index in [1.54, 1.807) is 0 Å². The van der Waals surface area contributed by atoms with Crippen molar-refractivity contribution < 1.29 is 15.0 Å². The van der Waals surface area contributed by atoms with E-state index in [-0.39, 0.29) is 6.42 Å². The molecule has 66 valence electrons. The van der Waals surface area contributed by atoms with E-state index in [0.717, 1.165) is 0 Å². The Bertz CT molecular complexity index is 127. The molecule has 0 heterocycles. The Morgan fingerprint density at radius 1 is 1.45 bits per heavy atom. The van der Waals surface area contributed by atoms with Gasteiger partial charge in [-0.05, 0) is 12.8 Å². The normalized spacial score (nSPS) is 13.5. The molecular formula is C6H10Cl2O3. The van der Waals surface area contributed by atoms with Gasteiger partial charge in [0.05, 0.1) is 6.10 Å². The van der Waals surface area contributed by atoms with Crippen LogP contribution in [-0.2, 0) is 4.79 Å². The first kappa shape index (κ1) is 11.0. The van der Waals surface area contributed by atoms with Crippen LogP contribution in [0.4, 0.5) is 0 Å². The topological polar surface area (TPSA) is 57.5 Å². The second-order valence-electron chi connectivity index (χ2n) is 2.19. The lowest BCUT2D eigenvalue weighted by Crippen LogP contribution is -2.15. The molecule has 1 unspecified atom stereocenters. The van der Waals surface area contributed by atoms with Crippen LogP contribution in [0.2, 0.25) is 0 Å². The summed E-state index contributed by atoms with van der Waals surface area (Å²) in [4.78, 5) is 9.17. The van der Waals surface area contributed by atoms with Gasteiger partial charge in [-0.15, -0.1) is 23.2 Å². The molecule has 0 radical (unpaired) electrons. The van der Waals surface area contributed by atoms with E-state index in [2.05, 4.69) is 0 Å². The molecule has 0 amide bonds. The molecule has 3 nitrogen and oxygen atoms in total. The minimum Gasteiger partial charge on any atom is -0.481 e. The average molecular weight is 201 g/mol. The summed E-state index contributed by atoms with van der Waals surface area (Å²) in [5.74, 6) is -0.877. The van der Waals surface area contributed by atoms with Crippen LogP contribution in [0.1, 0.15) is 19.3 Å². The molecule has 1 atom stereocenters. The fraction of sp³-hybridized carbons (Fsp3) is 0.833. The predicted molar refractivity (Wildman–Crippen MR) is 43.0 cm³/mol. The van der Waals surface area contributed by atoms with Crippen LogP contribution in [0.3, 0.4) is 0 Å². The molecule has 0 saturated carbocycles. The number of rotatable bonds is 5. The molecule has 0 spiro atoms. The zero-order valence-electron chi connectivity index (χ0n) is 5.83. The molecule has 0 aliphatic rings. The number of halogens is 2. The monoisotopic (exact) mass is 200 g/mol. The van der Waals surface area contributed by atoms with Gasteiger partial charge in [-0.1, -0.05) is 0 Å². The highest BCUT2D eigenvalue weighted by Gasteiger charge is 2.12. The summed E-state index contributed by atoms with van der Waals surface area (Å²) < 4.78 is 0. The van der Waals surface area contributed by atoms with Crippen molar-refractivity contribution in [1.82, 2.24) is 0 Å². The first-order valence-electron chi connectivity index (χ1n) is 3.22. The van der Waals surface area contributed by atoms with Crippen molar-refractivity contribution in [2.24, 2.45) is 0 Å². The fourth-order valence-electron chi connectivity index (χ4n) is 0.588. The van der Waals surface area contributed by atoms with Crippen LogP contribution in [0.25, 0.3) is 0 Å². The largest absolute Gasteiger partial charge is 0.481 e. The van der Waals surface area contributed by atoms with Crippen LogP contribution in [0, 0.1) is 0 Å². The van der Waals surface area contributed by atoms with Gasteiger partial charge in [0.1, 0.15) is 4.84 Å². The van der Waals surface area contributed by atoms with Gasteiger partial charge in [-0.3, -0.25) is 4.79 Å². The Balaban J connectivity index is 3.31. The second kappa shape index (κ2) is 5.63. The molecule has 2 N–H and O–H groups in total. The summed E-state index contributed by atoms with van der Waals surface area (Å²) in [5.41, 5.74) is 0. The van der Waals surface area contributed by atoms with Crippen molar-refractivity contribution in [2.45, 2.75) is 30.2 Å². The van der Waals surface area contributed by atoms with E-state index in [4.69, 9.17) is 33.4 Å². The number of carboxylic acid groups (broad SMARTS) is 1. The summed E-state index contributed by atoms with van der Waals surface area (Å²) in [6.07, 6.45) is -0.0637. The number of carbonyl (C=O) groups is 1. The minimum atomic E-state index is -0.877. The van der Waals surface area contributed by atoms with E-state index >= 15 is 0 Å². The van der Waals surface area contributed by atoms with Crippen molar-refractivity contribution >= 4 is 29.2 Å². The van der Waals surface area contributed by atoms with E-state index < -0.39 is 16.9 Å². The Hall–Kier alpha value is 0.01000. The molecule has 5 heteroatoms. The number of alkyl halides is 2. The maximum absolute atomic E-state index is 10.0. The van der Waals surface area contributed by atoms with E-state index in [9.17, 15) is 4.79 Å². The van der Waals surface area contributed by atoms with Crippen LogP contribution in [0.15, 0.2) is 0 Å². The lowest BCUT2D eigenvalue weighted by Gasteiger charge is -2.08. The quantitative estimate of drug-likeness (QED) is 0.661. The van der Waals surface area contributed by atoms with Crippen molar-refractivity contribution in [3.63, 3.8) is 0 Å². The second-order valence-corrected chi connectivity index (χ2v) is 3.35. The van der Waals surface area contributed by atoms with Gasteiger partial charge < -0.3 is 10.2 Å². The average Bonchev–Trinajstić information content (AvgIpc) is 1.86. The Morgan fingerprint density at radius 3 is 2.36 bits per heavy atom. The summed E-state index contributed by atoms with van der Waals surface area (Å²) in [6.45, 7) is 0. The molecule has 0 aliphatic carbocycles. The third-order valence-electron chi connectivity index (χ3n) is 1.18. The van der Waals surface area contributed by atoms with Gasteiger partial charge in [0.25, 0.3) is 0 Å². The minimum absolute atomic E-state index is 0.0392. The molecular weight excluding hydrogens is 191 g/mol. The Morgan fingerprint density at radius 2 is 2.00 bits per heavy atom. The van der Waals surface area contributed by atoms with Crippen molar-refractivity contribution in [1.29, 1.82) is 0 Å². The zero-order valence-corrected chi connectivity index (χ0v) is 7.35. The summed E-state index contributed by atoms with van der Waals surface area (Å²) in [5, 5.41) is 17.2. The molecule has 0 rings (SSSR count). The standard InChI is InChI=1S/C6H10Cl2O3/c7-6(8)4(9)2-1-3-5(10)11/h4,6,9H,1-3H2,(H,10,11). The number of aliphatic hydroxyl groups is 1.